The Bertz CT molecular complexity index is 750. The predicted molar refractivity (Wildman–Crippen MR) is 105 cm³/mol. The molecule has 2 N–H and O–H groups in total. The Hall–Kier alpha value is -2.57. The highest BCUT2D eigenvalue weighted by Crippen LogP contribution is 2.24. The third kappa shape index (κ3) is 5.45. The summed E-state index contributed by atoms with van der Waals surface area (Å²) in [6.07, 6.45) is 6.77. The minimum atomic E-state index is 0.290. The lowest BCUT2D eigenvalue weighted by Gasteiger charge is -2.16. The van der Waals surface area contributed by atoms with Crippen molar-refractivity contribution < 1.29 is 9.26 Å². The molecule has 0 bridgehead atoms. The number of hydrogen-bond acceptors (Lipinski definition) is 5. The van der Waals surface area contributed by atoms with Gasteiger partial charge in [0.1, 0.15) is 6.10 Å². The minimum Gasteiger partial charge on any atom is -0.474 e. The summed E-state index contributed by atoms with van der Waals surface area (Å²) in [5, 5.41) is 10.6. The summed E-state index contributed by atoms with van der Waals surface area (Å²) in [5.74, 6) is 2.54. The first kappa shape index (κ1) is 19.2. The average molecular weight is 371 g/mol. The standard InChI is InChI=1S/C20H29N5O2/c1-14(2)18-11-17(27-25-18)13-24-20(21-3)23-12-15-7-6-10-22-19(15)26-16-8-4-5-9-16/h6-7,10-11,14,16H,4-5,8-9,12-13H2,1-3H3,(H2,21,23,24). The molecule has 0 aromatic carbocycles. The highest BCUT2D eigenvalue weighted by atomic mass is 16.5. The second kappa shape index (κ2) is 9.39. The highest BCUT2D eigenvalue weighted by molar-refractivity contribution is 5.79. The van der Waals surface area contributed by atoms with E-state index >= 15 is 0 Å². The van der Waals surface area contributed by atoms with Gasteiger partial charge in [-0.3, -0.25) is 4.99 Å². The van der Waals surface area contributed by atoms with Crippen molar-refractivity contribution in [3.05, 3.63) is 41.4 Å². The summed E-state index contributed by atoms with van der Waals surface area (Å²) < 4.78 is 11.4. The average Bonchev–Trinajstić information content (AvgIpc) is 3.35. The molecule has 1 aliphatic rings. The van der Waals surface area contributed by atoms with Crippen LogP contribution in [0.5, 0.6) is 5.88 Å². The molecule has 0 atom stereocenters. The van der Waals surface area contributed by atoms with Crippen molar-refractivity contribution in [2.24, 2.45) is 4.99 Å². The highest BCUT2D eigenvalue weighted by Gasteiger charge is 2.18. The molecule has 1 saturated carbocycles. The van der Waals surface area contributed by atoms with Crippen LogP contribution in [0.25, 0.3) is 0 Å². The number of nitrogens with one attached hydrogen (secondary N) is 2. The maximum absolute atomic E-state index is 6.09. The third-order valence-corrected chi connectivity index (χ3v) is 4.70. The lowest BCUT2D eigenvalue weighted by Crippen LogP contribution is -2.36. The molecule has 7 heteroatoms. The van der Waals surface area contributed by atoms with E-state index in [1.165, 1.54) is 12.8 Å². The van der Waals surface area contributed by atoms with Gasteiger partial charge in [-0.25, -0.2) is 4.98 Å². The lowest BCUT2D eigenvalue weighted by atomic mass is 10.1. The lowest BCUT2D eigenvalue weighted by molar-refractivity contribution is 0.199. The van der Waals surface area contributed by atoms with E-state index in [0.29, 0.717) is 30.8 Å². The molecule has 0 radical (unpaired) electrons. The monoisotopic (exact) mass is 371 g/mol. The molecule has 0 spiro atoms. The van der Waals surface area contributed by atoms with Crippen LogP contribution in [0, 0.1) is 0 Å². The fourth-order valence-electron chi connectivity index (χ4n) is 3.08. The molecule has 2 aromatic heterocycles. The molecule has 3 rings (SSSR count). The van der Waals surface area contributed by atoms with E-state index < -0.39 is 0 Å². The van der Waals surface area contributed by atoms with E-state index in [0.717, 1.165) is 29.9 Å². The van der Waals surface area contributed by atoms with Gasteiger partial charge in [0.15, 0.2) is 11.7 Å². The van der Waals surface area contributed by atoms with Crippen LogP contribution in [0.2, 0.25) is 0 Å². The second-order valence-corrected chi connectivity index (χ2v) is 7.14. The molecule has 2 aromatic rings. The molecule has 27 heavy (non-hydrogen) atoms. The number of rotatable bonds is 7. The van der Waals surface area contributed by atoms with Crippen LogP contribution >= 0.6 is 0 Å². The summed E-state index contributed by atoms with van der Waals surface area (Å²) in [6, 6.07) is 5.93. The van der Waals surface area contributed by atoms with Gasteiger partial charge in [0, 0.05) is 31.4 Å². The normalized spacial score (nSPS) is 15.3. The fraction of sp³-hybridized carbons (Fsp3) is 0.550. The molecule has 0 saturated heterocycles. The van der Waals surface area contributed by atoms with Crippen molar-refractivity contribution in [3.8, 4) is 5.88 Å². The first-order valence-electron chi connectivity index (χ1n) is 9.66. The first-order chi connectivity index (χ1) is 13.2. The number of ether oxygens (including phenoxy) is 1. The molecule has 0 unspecified atom stereocenters. The van der Waals surface area contributed by atoms with E-state index in [9.17, 15) is 0 Å². The van der Waals surface area contributed by atoms with Gasteiger partial charge in [-0.15, -0.1) is 0 Å². The van der Waals surface area contributed by atoms with E-state index in [1.807, 2.05) is 18.2 Å². The zero-order valence-electron chi connectivity index (χ0n) is 16.4. The zero-order valence-corrected chi connectivity index (χ0v) is 16.4. The molecule has 0 amide bonds. The maximum Gasteiger partial charge on any atom is 0.218 e. The van der Waals surface area contributed by atoms with Crippen molar-refractivity contribution in [2.75, 3.05) is 7.05 Å². The Morgan fingerprint density at radius 3 is 2.78 bits per heavy atom. The van der Waals surface area contributed by atoms with Gasteiger partial charge in [0.25, 0.3) is 0 Å². The van der Waals surface area contributed by atoms with Crippen molar-refractivity contribution in [3.63, 3.8) is 0 Å². The van der Waals surface area contributed by atoms with Gasteiger partial charge in [0.2, 0.25) is 5.88 Å². The van der Waals surface area contributed by atoms with Gasteiger partial charge >= 0.3 is 0 Å². The largest absolute Gasteiger partial charge is 0.474 e. The number of pyridine rings is 1. The zero-order chi connectivity index (χ0) is 19.1. The molecule has 2 heterocycles. The SMILES string of the molecule is CN=C(NCc1cc(C(C)C)no1)NCc1cccnc1OC1CCCC1. The number of nitrogens with zero attached hydrogens (tertiary/aromatic N) is 3. The van der Waals surface area contributed by atoms with Crippen LogP contribution in [0.1, 0.15) is 62.5 Å². The molecule has 1 fully saturated rings. The maximum atomic E-state index is 6.09. The van der Waals surface area contributed by atoms with E-state index in [4.69, 9.17) is 9.26 Å². The molecule has 146 valence electrons. The van der Waals surface area contributed by atoms with E-state index in [2.05, 4.69) is 39.6 Å². The van der Waals surface area contributed by atoms with Gasteiger partial charge in [-0.1, -0.05) is 25.1 Å². The van der Waals surface area contributed by atoms with Crippen molar-refractivity contribution in [1.82, 2.24) is 20.8 Å². The summed E-state index contributed by atoms with van der Waals surface area (Å²) in [4.78, 5) is 8.68. The molecule has 7 nitrogen and oxygen atoms in total. The van der Waals surface area contributed by atoms with Crippen LogP contribution in [-0.4, -0.2) is 29.3 Å². The Morgan fingerprint density at radius 1 is 1.30 bits per heavy atom. The quantitative estimate of drug-likeness (QED) is 0.573. The van der Waals surface area contributed by atoms with Crippen molar-refractivity contribution >= 4 is 5.96 Å². The first-order valence-corrected chi connectivity index (χ1v) is 9.66. The summed E-state index contributed by atoms with van der Waals surface area (Å²) in [7, 11) is 1.74. The van der Waals surface area contributed by atoms with Crippen LogP contribution in [-0.2, 0) is 13.1 Å². The number of hydrogen-bond donors (Lipinski definition) is 2. The van der Waals surface area contributed by atoms with Crippen LogP contribution in [0.3, 0.4) is 0 Å². The molecule has 1 aliphatic carbocycles. The van der Waals surface area contributed by atoms with Crippen LogP contribution in [0.4, 0.5) is 0 Å². The fourth-order valence-corrected chi connectivity index (χ4v) is 3.08. The number of guanidine groups is 1. The number of aromatic nitrogens is 2. The smallest absolute Gasteiger partial charge is 0.218 e. The summed E-state index contributed by atoms with van der Waals surface area (Å²) >= 11 is 0. The Labute approximate surface area is 160 Å². The Balaban J connectivity index is 1.53. The summed E-state index contributed by atoms with van der Waals surface area (Å²) in [5.41, 5.74) is 1.98. The van der Waals surface area contributed by atoms with E-state index in [1.54, 1.807) is 13.2 Å². The topological polar surface area (TPSA) is 84.6 Å². The molecular weight excluding hydrogens is 342 g/mol. The molecular formula is C20H29N5O2. The Kier molecular flexibility index (Phi) is 6.68. The predicted octanol–water partition coefficient (Wildman–Crippen LogP) is 3.38. The summed E-state index contributed by atoms with van der Waals surface area (Å²) in [6.45, 7) is 5.30. The van der Waals surface area contributed by atoms with Crippen LogP contribution in [0.15, 0.2) is 33.9 Å². The van der Waals surface area contributed by atoms with Gasteiger partial charge < -0.3 is 19.9 Å². The molecule has 0 aliphatic heterocycles. The van der Waals surface area contributed by atoms with Crippen molar-refractivity contribution in [1.29, 1.82) is 0 Å². The number of aliphatic imine (C=N–C) groups is 1. The second-order valence-electron chi connectivity index (χ2n) is 7.14. The third-order valence-electron chi connectivity index (χ3n) is 4.70. The van der Waals surface area contributed by atoms with E-state index in [-0.39, 0.29) is 6.10 Å². The van der Waals surface area contributed by atoms with Gasteiger partial charge in [-0.2, -0.15) is 0 Å². The van der Waals surface area contributed by atoms with Crippen LogP contribution < -0.4 is 15.4 Å². The van der Waals surface area contributed by atoms with Gasteiger partial charge in [0.05, 0.1) is 12.2 Å². The Morgan fingerprint density at radius 2 is 2.07 bits per heavy atom. The van der Waals surface area contributed by atoms with Gasteiger partial charge in [-0.05, 0) is 37.7 Å². The van der Waals surface area contributed by atoms with Crippen molar-refractivity contribution in [2.45, 2.75) is 64.6 Å². The minimum absolute atomic E-state index is 0.290.